The van der Waals surface area contributed by atoms with E-state index in [9.17, 15) is 9.59 Å². The first-order valence-electron chi connectivity index (χ1n) is 9.67. The molecule has 2 fully saturated rings. The zero-order chi connectivity index (χ0) is 17.5. The monoisotopic (exact) mass is 338 g/mol. The SMILES string of the molecule is COC(=O)CC1(CCC2(CC(=O)OC)CCCCC2)CCCCC1. The summed E-state index contributed by atoms with van der Waals surface area (Å²) in [5.74, 6) is -0.162. The van der Waals surface area contributed by atoms with Gasteiger partial charge >= 0.3 is 11.9 Å². The molecule has 24 heavy (non-hydrogen) atoms. The second-order valence-corrected chi connectivity index (χ2v) is 8.13. The Balaban J connectivity index is 2.05. The molecule has 0 spiro atoms. The van der Waals surface area contributed by atoms with E-state index in [2.05, 4.69) is 0 Å². The van der Waals surface area contributed by atoms with Crippen molar-refractivity contribution in [1.29, 1.82) is 0 Å². The van der Waals surface area contributed by atoms with Crippen LogP contribution in [0.15, 0.2) is 0 Å². The average molecular weight is 338 g/mol. The second kappa shape index (κ2) is 8.87. The largest absolute Gasteiger partial charge is 0.469 e. The van der Waals surface area contributed by atoms with Gasteiger partial charge in [0.25, 0.3) is 0 Å². The number of methoxy groups -OCH3 is 2. The molecule has 2 aliphatic rings. The third kappa shape index (κ3) is 5.22. The van der Waals surface area contributed by atoms with E-state index < -0.39 is 0 Å². The molecule has 2 rings (SSSR count). The highest BCUT2D eigenvalue weighted by atomic mass is 16.5. The van der Waals surface area contributed by atoms with Crippen molar-refractivity contribution in [3.63, 3.8) is 0 Å². The number of carbonyl (C=O) groups is 2. The summed E-state index contributed by atoms with van der Waals surface area (Å²) in [6.07, 6.45) is 15.0. The van der Waals surface area contributed by atoms with Crippen LogP contribution < -0.4 is 0 Å². The predicted molar refractivity (Wildman–Crippen MR) is 93.5 cm³/mol. The smallest absolute Gasteiger partial charge is 0.306 e. The summed E-state index contributed by atoms with van der Waals surface area (Å²) in [6, 6.07) is 0. The van der Waals surface area contributed by atoms with Crippen LogP contribution in [0.25, 0.3) is 0 Å². The van der Waals surface area contributed by atoms with Crippen molar-refractivity contribution >= 4 is 11.9 Å². The van der Waals surface area contributed by atoms with Gasteiger partial charge in [-0.05, 0) is 49.4 Å². The van der Waals surface area contributed by atoms with Crippen LogP contribution in [0.3, 0.4) is 0 Å². The lowest BCUT2D eigenvalue weighted by molar-refractivity contribution is -0.146. The second-order valence-electron chi connectivity index (χ2n) is 8.13. The van der Waals surface area contributed by atoms with Gasteiger partial charge < -0.3 is 9.47 Å². The summed E-state index contributed by atoms with van der Waals surface area (Å²) >= 11 is 0. The summed E-state index contributed by atoms with van der Waals surface area (Å²) in [5.41, 5.74) is 0.178. The van der Waals surface area contributed by atoms with Crippen LogP contribution in [-0.2, 0) is 19.1 Å². The van der Waals surface area contributed by atoms with Gasteiger partial charge in [0.15, 0.2) is 0 Å². The molecular weight excluding hydrogens is 304 g/mol. The van der Waals surface area contributed by atoms with Crippen molar-refractivity contribution in [3.05, 3.63) is 0 Å². The van der Waals surface area contributed by atoms with E-state index >= 15 is 0 Å². The standard InChI is InChI=1S/C20H34O4/c1-23-17(21)15-19(9-5-3-6-10-19)13-14-20(16-18(22)24-2)11-7-4-8-12-20/h3-16H2,1-2H3. The molecule has 0 aromatic rings. The van der Waals surface area contributed by atoms with Gasteiger partial charge in [0.1, 0.15) is 0 Å². The minimum absolute atomic E-state index is 0.0810. The van der Waals surface area contributed by atoms with E-state index in [1.165, 1.54) is 52.7 Å². The molecule has 0 aromatic heterocycles. The Bertz CT molecular complexity index is 377. The van der Waals surface area contributed by atoms with Gasteiger partial charge in [0.2, 0.25) is 0 Å². The molecule has 2 saturated carbocycles. The minimum Gasteiger partial charge on any atom is -0.469 e. The van der Waals surface area contributed by atoms with E-state index in [1.54, 1.807) is 0 Å². The Kier molecular flexibility index (Phi) is 7.12. The van der Waals surface area contributed by atoms with Crippen LogP contribution in [0, 0.1) is 10.8 Å². The number of esters is 2. The molecule has 138 valence electrons. The number of ether oxygens (including phenoxy) is 2. The van der Waals surface area contributed by atoms with Crippen molar-refractivity contribution in [1.82, 2.24) is 0 Å². The lowest BCUT2D eigenvalue weighted by Gasteiger charge is -2.42. The van der Waals surface area contributed by atoms with Crippen molar-refractivity contribution in [2.75, 3.05) is 14.2 Å². The van der Waals surface area contributed by atoms with Crippen LogP contribution in [0.5, 0.6) is 0 Å². The van der Waals surface area contributed by atoms with Gasteiger partial charge in [-0.25, -0.2) is 0 Å². The zero-order valence-corrected chi connectivity index (χ0v) is 15.5. The van der Waals surface area contributed by atoms with E-state index in [0.717, 1.165) is 38.5 Å². The molecule has 0 N–H and O–H groups in total. The first-order chi connectivity index (χ1) is 11.5. The zero-order valence-electron chi connectivity index (χ0n) is 15.5. The molecule has 0 aliphatic heterocycles. The minimum atomic E-state index is -0.0810. The third-order valence-corrected chi connectivity index (χ3v) is 6.51. The molecule has 0 saturated heterocycles. The average Bonchev–Trinajstić information content (AvgIpc) is 2.61. The van der Waals surface area contributed by atoms with Crippen molar-refractivity contribution in [2.45, 2.75) is 89.9 Å². The Labute approximate surface area is 146 Å². The molecule has 0 atom stereocenters. The molecule has 2 aliphatic carbocycles. The molecule has 4 heteroatoms. The summed E-state index contributed by atoms with van der Waals surface area (Å²) in [7, 11) is 2.97. The summed E-state index contributed by atoms with van der Waals surface area (Å²) < 4.78 is 9.93. The van der Waals surface area contributed by atoms with Crippen LogP contribution in [0.1, 0.15) is 89.9 Å². The van der Waals surface area contributed by atoms with Gasteiger partial charge in [-0.1, -0.05) is 38.5 Å². The molecule has 0 heterocycles. The molecular formula is C20H34O4. The molecule has 0 bridgehead atoms. The van der Waals surface area contributed by atoms with Crippen molar-refractivity contribution < 1.29 is 19.1 Å². The molecule has 0 aromatic carbocycles. The van der Waals surface area contributed by atoms with E-state index in [1.807, 2.05) is 0 Å². The number of carbonyl (C=O) groups excluding carboxylic acids is 2. The first-order valence-corrected chi connectivity index (χ1v) is 9.67. The fourth-order valence-electron chi connectivity index (χ4n) is 4.92. The lowest BCUT2D eigenvalue weighted by Crippen LogP contribution is -2.33. The van der Waals surface area contributed by atoms with Crippen molar-refractivity contribution in [3.8, 4) is 0 Å². The van der Waals surface area contributed by atoms with Crippen LogP contribution >= 0.6 is 0 Å². The van der Waals surface area contributed by atoms with Gasteiger partial charge in [0.05, 0.1) is 27.1 Å². The highest BCUT2D eigenvalue weighted by Crippen LogP contribution is 2.50. The van der Waals surface area contributed by atoms with E-state index in [4.69, 9.17) is 9.47 Å². The van der Waals surface area contributed by atoms with Gasteiger partial charge in [0, 0.05) is 0 Å². The third-order valence-electron chi connectivity index (χ3n) is 6.51. The molecule has 0 amide bonds. The van der Waals surface area contributed by atoms with Crippen LogP contribution in [0.2, 0.25) is 0 Å². The highest BCUT2D eigenvalue weighted by molar-refractivity contribution is 5.70. The highest BCUT2D eigenvalue weighted by Gasteiger charge is 2.40. The summed E-state index contributed by atoms with van der Waals surface area (Å²) in [4.78, 5) is 23.9. The van der Waals surface area contributed by atoms with Gasteiger partial charge in [-0.3, -0.25) is 9.59 Å². The van der Waals surface area contributed by atoms with E-state index in [0.29, 0.717) is 12.8 Å². The van der Waals surface area contributed by atoms with Gasteiger partial charge in [-0.15, -0.1) is 0 Å². The Morgan fingerprint density at radius 1 is 0.667 bits per heavy atom. The topological polar surface area (TPSA) is 52.6 Å². The Morgan fingerprint density at radius 2 is 1.00 bits per heavy atom. The van der Waals surface area contributed by atoms with Gasteiger partial charge in [-0.2, -0.15) is 0 Å². The normalized spacial score (nSPS) is 22.6. The fraction of sp³-hybridized carbons (Fsp3) is 0.900. The fourth-order valence-corrected chi connectivity index (χ4v) is 4.92. The summed E-state index contributed by atoms with van der Waals surface area (Å²) in [6.45, 7) is 0. The maximum absolute atomic E-state index is 11.9. The molecule has 0 radical (unpaired) electrons. The summed E-state index contributed by atoms with van der Waals surface area (Å²) in [5, 5.41) is 0. The number of rotatable bonds is 7. The quantitative estimate of drug-likeness (QED) is 0.626. The van der Waals surface area contributed by atoms with Crippen LogP contribution in [-0.4, -0.2) is 26.2 Å². The van der Waals surface area contributed by atoms with Crippen molar-refractivity contribution in [2.24, 2.45) is 10.8 Å². The maximum atomic E-state index is 11.9. The number of hydrogen-bond acceptors (Lipinski definition) is 4. The van der Waals surface area contributed by atoms with E-state index in [-0.39, 0.29) is 22.8 Å². The number of hydrogen-bond donors (Lipinski definition) is 0. The molecule has 0 unspecified atom stereocenters. The predicted octanol–water partition coefficient (Wildman–Crippen LogP) is 4.79. The van der Waals surface area contributed by atoms with Crippen LogP contribution in [0.4, 0.5) is 0 Å². The Hall–Kier alpha value is -1.06. The Morgan fingerprint density at radius 3 is 1.29 bits per heavy atom. The first kappa shape index (κ1) is 19.3. The lowest BCUT2D eigenvalue weighted by atomic mass is 9.62. The molecule has 4 nitrogen and oxygen atoms in total. The maximum Gasteiger partial charge on any atom is 0.306 e.